The molecule has 1 aliphatic rings. The van der Waals surface area contributed by atoms with Gasteiger partial charge in [-0.1, -0.05) is 32.9 Å². The van der Waals surface area contributed by atoms with Gasteiger partial charge in [-0.05, 0) is 42.0 Å². The van der Waals surface area contributed by atoms with E-state index in [1.165, 1.54) is 5.56 Å². The molecular formula is C14H20FN. The predicted octanol–water partition coefficient (Wildman–Crippen LogP) is 3.17. The van der Waals surface area contributed by atoms with E-state index in [9.17, 15) is 4.39 Å². The molecule has 1 fully saturated rings. The van der Waals surface area contributed by atoms with Crippen molar-refractivity contribution >= 4 is 0 Å². The molecule has 0 heterocycles. The van der Waals surface area contributed by atoms with Crippen molar-refractivity contribution in [3.05, 3.63) is 35.6 Å². The second kappa shape index (κ2) is 4.54. The zero-order chi connectivity index (χ0) is 11.7. The van der Waals surface area contributed by atoms with Gasteiger partial charge in [-0.25, -0.2) is 4.39 Å². The van der Waals surface area contributed by atoms with Gasteiger partial charge in [0.2, 0.25) is 0 Å². The third-order valence-electron chi connectivity index (χ3n) is 3.96. The molecule has 88 valence electrons. The number of nitrogens with one attached hydrogen (secondary N) is 1. The largest absolute Gasteiger partial charge is 0.314 e. The molecule has 1 aliphatic carbocycles. The van der Waals surface area contributed by atoms with Crippen molar-refractivity contribution in [1.29, 1.82) is 0 Å². The molecule has 1 N–H and O–H groups in total. The van der Waals surface area contributed by atoms with Crippen LogP contribution in [0, 0.1) is 17.7 Å². The van der Waals surface area contributed by atoms with E-state index in [1.807, 2.05) is 12.1 Å². The van der Waals surface area contributed by atoms with E-state index in [0.717, 1.165) is 6.54 Å². The fourth-order valence-electron chi connectivity index (χ4n) is 3.16. The highest BCUT2D eigenvalue weighted by molar-refractivity contribution is 5.26. The molecule has 2 unspecified atom stereocenters. The lowest BCUT2D eigenvalue weighted by Gasteiger charge is -2.50. The molecule has 1 aromatic carbocycles. The van der Waals surface area contributed by atoms with Crippen molar-refractivity contribution in [3.63, 3.8) is 0 Å². The molecule has 0 spiro atoms. The summed E-state index contributed by atoms with van der Waals surface area (Å²) >= 11 is 0. The average Bonchev–Trinajstić information content (AvgIpc) is 2.29. The van der Waals surface area contributed by atoms with E-state index in [2.05, 4.69) is 26.1 Å². The maximum atomic E-state index is 12.9. The highest BCUT2D eigenvalue weighted by atomic mass is 19.1. The summed E-state index contributed by atoms with van der Waals surface area (Å²) in [7, 11) is 0. The zero-order valence-corrected chi connectivity index (χ0v) is 10.2. The van der Waals surface area contributed by atoms with E-state index in [-0.39, 0.29) is 5.82 Å². The van der Waals surface area contributed by atoms with Crippen LogP contribution in [0.4, 0.5) is 4.39 Å². The first-order chi connectivity index (χ1) is 7.65. The van der Waals surface area contributed by atoms with Crippen LogP contribution in [-0.4, -0.2) is 12.6 Å². The lowest BCUT2D eigenvalue weighted by molar-refractivity contribution is 0.0982. The monoisotopic (exact) mass is 221 g/mol. The molecule has 0 aliphatic heterocycles. The molecule has 2 heteroatoms. The Bertz CT molecular complexity index is 336. The van der Waals surface area contributed by atoms with Crippen molar-refractivity contribution in [2.45, 2.75) is 32.7 Å². The summed E-state index contributed by atoms with van der Waals surface area (Å²) in [6, 6.07) is 7.59. The Labute approximate surface area is 97.1 Å². The van der Waals surface area contributed by atoms with Gasteiger partial charge in [0.25, 0.3) is 0 Å². The Morgan fingerprint density at radius 1 is 1.12 bits per heavy atom. The van der Waals surface area contributed by atoms with Gasteiger partial charge in [-0.2, -0.15) is 0 Å². The minimum Gasteiger partial charge on any atom is -0.314 e. The average molecular weight is 221 g/mol. The first-order valence-corrected chi connectivity index (χ1v) is 6.14. The SMILES string of the molecule is CCNC1C(C)C(c2ccc(F)cc2)C1C. The van der Waals surface area contributed by atoms with Crippen LogP contribution in [0.25, 0.3) is 0 Å². The lowest BCUT2D eigenvalue weighted by atomic mass is 9.59. The number of hydrogen-bond acceptors (Lipinski definition) is 1. The summed E-state index contributed by atoms with van der Waals surface area (Å²) in [5.41, 5.74) is 1.27. The first-order valence-electron chi connectivity index (χ1n) is 6.14. The van der Waals surface area contributed by atoms with Crippen molar-refractivity contribution in [1.82, 2.24) is 5.32 Å². The van der Waals surface area contributed by atoms with Gasteiger partial charge >= 0.3 is 0 Å². The van der Waals surface area contributed by atoms with Crippen LogP contribution < -0.4 is 5.32 Å². The maximum absolute atomic E-state index is 12.9. The summed E-state index contributed by atoms with van der Waals surface area (Å²) in [6.07, 6.45) is 0. The minimum atomic E-state index is -0.147. The number of halogens is 1. The number of rotatable bonds is 3. The topological polar surface area (TPSA) is 12.0 Å². The molecule has 1 saturated carbocycles. The van der Waals surface area contributed by atoms with Crippen LogP contribution in [0.2, 0.25) is 0 Å². The van der Waals surface area contributed by atoms with Gasteiger partial charge in [-0.3, -0.25) is 0 Å². The van der Waals surface area contributed by atoms with E-state index < -0.39 is 0 Å². The summed E-state index contributed by atoms with van der Waals surface area (Å²) in [4.78, 5) is 0. The molecule has 1 nitrogen and oxygen atoms in total. The fourth-order valence-corrected chi connectivity index (χ4v) is 3.16. The number of benzene rings is 1. The van der Waals surface area contributed by atoms with Crippen LogP contribution in [0.3, 0.4) is 0 Å². The standard InChI is InChI=1S/C14H20FN/c1-4-16-14-9(2)13(10(14)3)11-5-7-12(15)8-6-11/h5-10,13-14,16H,4H2,1-3H3. The molecule has 0 saturated heterocycles. The Hall–Kier alpha value is -0.890. The summed E-state index contributed by atoms with van der Waals surface area (Å²) < 4.78 is 12.9. The van der Waals surface area contributed by atoms with Gasteiger partial charge in [0, 0.05) is 6.04 Å². The Kier molecular flexibility index (Phi) is 3.29. The molecule has 0 bridgehead atoms. The fraction of sp³-hybridized carbons (Fsp3) is 0.571. The quantitative estimate of drug-likeness (QED) is 0.826. The van der Waals surface area contributed by atoms with Crippen molar-refractivity contribution in [2.24, 2.45) is 11.8 Å². The van der Waals surface area contributed by atoms with Gasteiger partial charge in [0.05, 0.1) is 0 Å². The van der Waals surface area contributed by atoms with Crippen LogP contribution >= 0.6 is 0 Å². The first kappa shape index (κ1) is 11.6. The van der Waals surface area contributed by atoms with Crippen molar-refractivity contribution in [2.75, 3.05) is 6.54 Å². The van der Waals surface area contributed by atoms with E-state index in [1.54, 1.807) is 12.1 Å². The highest BCUT2D eigenvalue weighted by Crippen LogP contribution is 2.47. The maximum Gasteiger partial charge on any atom is 0.123 e. The van der Waals surface area contributed by atoms with Gasteiger partial charge in [0.1, 0.15) is 5.82 Å². The van der Waals surface area contributed by atoms with Gasteiger partial charge in [-0.15, -0.1) is 0 Å². The Morgan fingerprint density at radius 3 is 2.19 bits per heavy atom. The Morgan fingerprint density at radius 2 is 1.69 bits per heavy atom. The van der Waals surface area contributed by atoms with Gasteiger partial charge < -0.3 is 5.32 Å². The normalized spacial score (nSPS) is 33.5. The van der Waals surface area contributed by atoms with E-state index >= 15 is 0 Å². The molecule has 2 atom stereocenters. The van der Waals surface area contributed by atoms with Crippen molar-refractivity contribution in [3.8, 4) is 0 Å². The van der Waals surface area contributed by atoms with Crippen molar-refractivity contribution < 1.29 is 4.39 Å². The highest BCUT2D eigenvalue weighted by Gasteiger charge is 2.44. The second-order valence-electron chi connectivity index (χ2n) is 4.88. The minimum absolute atomic E-state index is 0.147. The molecule has 0 radical (unpaired) electrons. The van der Waals surface area contributed by atoms with Crippen LogP contribution in [0.1, 0.15) is 32.3 Å². The van der Waals surface area contributed by atoms with E-state index in [4.69, 9.17) is 0 Å². The second-order valence-corrected chi connectivity index (χ2v) is 4.88. The molecule has 1 aromatic rings. The van der Waals surface area contributed by atoms with Crippen LogP contribution in [0.5, 0.6) is 0 Å². The lowest BCUT2D eigenvalue weighted by Crippen LogP contribution is -2.54. The number of hydrogen-bond donors (Lipinski definition) is 1. The third-order valence-corrected chi connectivity index (χ3v) is 3.96. The molecule has 2 rings (SSSR count). The molecule has 16 heavy (non-hydrogen) atoms. The summed E-state index contributed by atoms with van der Waals surface area (Å²) in [6.45, 7) is 7.73. The predicted molar refractivity (Wildman–Crippen MR) is 64.9 cm³/mol. The zero-order valence-electron chi connectivity index (χ0n) is 10.2. The van der Waals surface area contributed by atoms with Gasteiger partial charge in [0.15, 0.2) is 0 Å². The third kappa shape index (κ3) is 1.86. The van der Waals surface area contributed by atoms with Crippen LogP contribution in [0.15, 0.2) is 24.3 Å². The molecule has 0 aromatic heterocycles. The molecular weight excluding hydrogens is 201 g/mol. The summed E-state index contributed by atoms with van der Waals surface area (Å²) in [5.74, 6) is 1.71. The van der Waals surface area contributed by atoms with Crippen LogP contribution in [-0.2, 0) is 0 Å². The molecule has 0 amide bonds. The Balaban J connectivity index is 2.10. The summed E-state index contributed by atoms with van der Waals surface area (Å²) in [5, 5.41) is 3.52. The van der Waals surface area contributed by atoms with E-state index in [0.29, 0.717) is 23.8 Å². The smallest absolute Gasteiger partial charge is 0.123 e.